The van der Waals surface area contributed by atoms with Gasteiger partial charge in [-0.05, 0) is 38.6 Å². The Kier molecular flexibility index (Phi) is 5.68. The summed E-state index contributed by atoms with van der Waals surface area (Å²) >= 11 is 0. The summed E-state index contributed by atoms with van der Waals surface area (Å²) in [4.78, 5) is 26.3. The van der Waals surface area contributed by atoms with E-state index in [2.05, 4.69) is 10.2 Å². The Hall–Kier alpha value is -1.37. The third-order valence-electron chi connectivity index (χ3n) is 2.96. The molecular weight excluding hydrogens is 226 g/mol. The van der Waals surface area contributed by atoms with Crippen molar-refractivity contribution in [2.75, 3.05) is 13.1 Å². The van der Waals surface area contributed by atoms with Crippen LogP contribution in [0.4, 0.5) is 0 Å². The molecule has 1 aliphatic rings. The van der Waals surface area contributed by atoms with Gasteiger partial charge < -0.3 is 15.9 Å². The molecule has 17 heavy (non-hydrogen) atoms. The monoisotopic (exact) mass is 245 g/mol. The van der Waals surface area contributed by atoms with Crippen LogP contribution in [0.5, 0.6) is 0 Å². The minimum Gasteiger partial charge on any atom is -0.356 e. The van der Waals surface area contributed by atoms with Crippen molar-refractivity contribution in [3.8, 4) is 0 Å². The average molecular weight is 245 g/mol. The van der Waals surface area contributed by atoms with Gasteiger partial charge in [0.15, 0.2) is 0 Å². The first kappa shape index (κ1) is 13.7. The summed E-state index contributed by atoms with van der Waals surface area (Å²) in [6, 6.07) is 0. The molecule has 0 heterocycles. The summed E-state index contributed by atoms with van der Waals surface area (Å²) in [5.41, 5.74) is 5.33. The first-order valence-electron chi connectivity index (χ1n) is 5.92. The van der Waals surface area contributed by atoms with Crippen molar-refractivity contribution in [1.82, 2.24) is 5.32 Å². The van der Waals surface area contributed by atoms with Gasteiger partial charge in [-0.15, -0.1) is 10.1 Å². The van der Waals surface area contributed by atoms with Gasteiger partial charge in [-0.2, -0.15) is 0 Å². The van der Waals surface area contributed by atoms with Crippen LogP contribution in [0.3, 0.4) is 0 Å². The van der Waals surface area contributed by atoms with Gasteiger partial charge in [0.2, 0.25) is 5.91 Å². The molecule has 0 aromatic heterocycles. The lowest BCUT2D eigenvalue weighted by Crippen LogP contribution is -2.36. The summed E-state index contributed by atoms with van der Waals surface area (Å²) in [6.45, 7) is 1.16. The predicted molar refractivity (Wildman–Crippen MR) is 60.5 cm³/mol. The zero-order valence-corrected chi connectivity index (χ0v) is 9.76. The van der Waals surface area contributed by atoms with Crippen LogP contribution in [0.1, 0.15) is 32.1 Å². The third kappa shape index (κ3) is 4.99. The molecule has 1 rings (SSSR count). The number of amides is 1. The van der Waals surface area contributed by atoms with Gasteiger partial charge >= 0.3 is 0 Å². The smallest absolute Gasteiger partial charge is 0.294 e. The molecule has 1 amide bonds. The van der Waals surface area contributed by atoms with E-state index in [-0.39, 0.29) is 17.9 Å². The predicted octanol–water partition coefficient (Wildman–Crippen LogP) is 0.218. The van der Waals surface area contributed by atoms with E-state index in [9.17, 15) is 14.9 Å². The molecule has 0 spiro atoms. The van der Waals surface area contributed by atoms with Crippen molar-refractivity contribution in [2.24, 2.45) is 11.7 Å². The Labute approximate surface area is 99.8 Å². The Morgan fingerprint density at radius 3 is 2.59 bits per heavy atom. The van der Waals surface area contributed by atoms with Crippen molar-refractivity contribution >= 4 is 5.91 Å². The number of hydrogen-bond donors (Lipinski definition) is 2. The van der Waals surface area contributed by atoms with Gasteiger partial charge in [-0.3, -0.25) is 4.79 Å². The van der Waals surface area contributed by atoms with Crippen molar-refractivity contribution in [3.63, 3.8) is 0 Å². The van der Waals surface area contributed by atoms with Crippen LogP contribution in [0, 0.1) is 16.0 Å². The number of carbonyl (C=O) groups is 1. The van der Waals surface area contributed by atoms with Crippen LogP contribution in [-0.4, -0.2) is 30.2 Å². The Balaban J connectivity index is 2.21. The maximum atomic E-state index is 11.7. The van der Waals surface area contributed by atoms with Gasteiger partial charge in [-0.25, -0.2) is 0 Å². The molecule has 0 aliphatic heterocycles. The Morgan fingerprint density at radius 2 is 2.06 bits per heavy atom. The second kappa shape index (κ2) is 7.05. The topological polar surface area (TPSA) is 107 Å². The molecule has 0 aromatic carbocycles. The van der Waals surface area contributed by atoms with E-state index < -0.39 is 5.09 Å². The lowest BCUT2D eigenvalue weighted by atomic mass is 9.87. The van der Waals surface area contributed by atoms with Crippen LogP contribution in [0.15, 0.2) is 0 Å². The molecule has 1 saturated carbocycles. The fourth-order valence-corrected chi connectivity index (χ4v) is 2.01. The Bertz CT molecular complexity index is 264. The first-order valence-corrected chi connectivity index (χ1v) is 5.92. The molecule has 1 fully saturated rings. The number of carbonyl (C=O) groups excluding carboxylic acids is 1. The fraction of sp³-hybridized carbons (Fsp3) is 0.900. The largest absolute Gasteiger partial charge is 0.356 e. The molecule has 0 radical (unpaired) electrons. The fourth-order valence-electron chi connectivity index (χ4n) is 2.01. The quantitative estimate of drug-likeness (QED) is 0.395. The van der Waals surface area contributed by atoms with E-state index in [4.69, 9.17) is 5.73 Å². The average Bonchev–Trinajstić information content (AvgIpc) is 2.29. The number of hydrogen-bond acceptors (Lipinski definition) is 5. The standard InChI is InChI=1S/C10H19N3O4/c11-6-1-7-12-10(14)8-2-4-9(5-3-8)17-13(15)16/h8-9H,1-7,11H2,(H,12,14). The van der Waals surface area contributed by atoms with Gasteiger partial charge in [0.1, 0.15) is 6.10 Å². The molecule has 0 atom stereocenters. The molecule has 7 nitrogen and oxygen atoms in total. The summed E-state index contributed by atoms with van der Waals surface area (Å²) in [6.07, 6.45) is 2.84. The van der Waals surface area contributed by atoms with E-state index >= 15 is 0 Å². The summed E-state index contributed by atoms with van der Waals surface area (Å²) in [5, 5.41) is 12.2. The highest BCUT2D eigenvalue weighted by atomic mass is 17.0. The number of rotatable bonds is 6. The summed E-state index contributed by atoms with van der Waals surface area (Å²) < 4.78 is 0. The molecule has 0 saturated heterocycles. The van der Waals surface area contributed by atoms with Crippen molar-refractivity contribution in [3.05, 3.63) is 10.1 Å². The zero-order chi connectivity index (χ0) is 12.7. The molecule has 98 valence electrons. The van der Waals surface area contributed by atoms with Crippen molar-refractivity contribution in [2.45, 2.75) is 38.2 Å². The van der Waals surface area contributed by atoms with Gasteiger partial charge in [0.05, 0.1) is 0 Å². The van der Waals surface area contributed by atoms with Crippen LogP contribution < -0.4 is 11.1 Å². The van der Waals surface area contributed by atoms with Crippen LogP contribution >= 0.6 is 0 Å². The molecule has 0 unspecified atom stereocenters. The minimum atomic E-state index is -0.758. The second-order valence-electron chi connectivity index (χ2n) is 4.24. The third-order valence-corrected chi connectivity index (χ3v) is 2.96. The molecular formula is C10H19N3O4. The number of nitrogens with one attached hydrogen (secondary N) is 1. The van der Waals surface area contributed by atoms with Gasteiger partial charge in [-0.1, -0.05) is 0 Å². The van der Waals surface area contributed by atoms with Crippen LogP contribution in [-0.2, 0) is 9.63 Å². The van der Waals surface area contributed by atoms with E-state index in [0.29, 0.717) is 38.8 Å². The second-order valence-corrected chi connectivity index (χ2v) is 4.24. The van der Waals surface area contributed by atoms with Gasteiger partial charge in [0, 0.05) is 12.5 Å². The lowest BCUT2D eigenvalue weighted by molar-refractivity contribution is -0.769. The zero-order valence-electron chi connectivity index (χ0n) is 9.76. The van der Waals surface area contributed by atoms with Crippen LogP contribution in [0.25, 0.3) is 0 Å². The molecule has 0 bridgehead atoms. The highest BCUT2D eigenvalue weighted by Crippen LogP contribution is 2.26. The highest BCUT2D eigenvalue weighted by molar-refractivity contribution is 5.78. The Morgan fingerprint density at radius 1 is 1.41 bits per heavy atom. The summed E-state index contributed by atoms with van der Waals surface area (Å²) in [7, 11) is 0. The molecule has 0 aromatic rings. The SMILES string of the molecule is NCCCNC(=O)C1CCC(O[N+](=O)[O-])CC1. The highest BCUT2D eigenvalue weighted by Gasteiger charge is 2.27. The first-order chi connectivity index (χ1) is 8.13. The lowest BCUT2D eigenvalue weighted by Gasteiger charge is -2.26. The maximum Gasteiger partial charge on any atom is 0.294 e. The molecule has 7 heteroatoms. The minimum absolute atomic E-state index is 0.0259. The van der Waals surface area contributed by atoms with Crippen molar-refractivity contribution in [1.29, 1.82) is 0 Å². The normalized spacial score (nSPS) is 24.1. The molecule has 3 N–H and O–H groups in total. The van der Waals surface area contributed by atoms with E-state index in [1.54, 1.807) is 0 Å². The maximum absolute atomic E-state index is 11.7. The van der Waals surface area contributed by atoms with Crippen molar-refractivity contribution < 1.29 is 14.7 Å². The van der Waals surface area contributed by atoms with E-state index in [0.717, 1.165) is 6.42 Å². The summed E-state index contributed by atoms with van der Waals surface area (Å²) in [5.74, 6) is -0.0163. The van der Waals surface area contributed by atoms with Crippen LogP contribution in [0.2, 0.25) is 0 Å². The number of nitrogens with zero attached hydrogens (tertiary/aromatic N) is 1. The molecule has 1 aliphatic carbocycles. The van der Waals surface area contributed by atoms with E-state index in [1.807, 2.05) is 0 Å². The number of nitrogens with two attached hydrogens (primary N) is 1. The van der Waals surface area contributed by atoms with E-state index in [1.165, 1.54) is 0 Å². The van der Waals surface area contributed by atoms with Gasteiger partial charge in [0.25, 0.3) is 5.09 Å².